The number of benzene rings is 2. The maximum Gasteiger partial charge on any atom is 0.277 e. The molecule has 1 N–H and O–H groups in total. The zero-order chi connectivity index (χ0) is 19.5. The molecule has 0 atom stereocenters. The van der Waals surface area contributed by atoms with Crippen molar-refractivity contribution in [2.24, 2.45) is 5.10 Å². The van der Waals surface area contributed by atoms with Crippen LogP contribution in [0.5, 0.6) is 17.2 Å². The van der Waals surface area contributed by atoms with E-state index in [1.54, 1.807) is 20.3 Å². The molecule has 0 aliphatic rings. The zero-order valence-corrected chi connectivity index (χ0v) is 16.0. The van der Waals surface area contributed by atoms with E-state index in [1.807, 2.05) is 36.4 Å². The Morgan fingerprint density at radius 2 is 1.89 bits per heavy atom. The predicted molar refractivity (Wildman–Crippen MR) is 106 cm³/mol. The van der Waals surface area contributed by atoms with Gasteiger partial charge in [-0.25, -0.2) is 5.43 Å². The van der Waals surface area contributed by atoms with Crippen molar-refractivity contribution in [1.29, 1.82) is 0 Å². The van der Waals surface area contributed by atoms with Gasteiger partial charge in [0.1, 0.15) is 5.75 Å². The molecule has 0 aliphatic heterocycles. The van der Waals surface area contributed by atoms with Gasteiger partial charge in [0, 0.05) is 5.56 Å². The Hall–Kier alpha value is -3.02. The normalized spacial score (nSPS) is 10.6. The van der Waals surface area contributed by atoms with Gasteiger partial charge < -0.3 is 14.2 Å². The lowest BCUT2D eigenvalue weighted by Crippen LogP contribution is -2.24. The lowest BCUT2D eigenvalue weighted by Gasteiger charge is -2.09. The summed E-state index contributed by atoms with van der Waals surface area (Å²) in [5, 5.41) is 3.95. The van der Waals surface area contributed by atoms with Crippen LogP contribution in [-0.2, 0) is 11.2 Å². The second kappa shape index (κ2) is 10.9. The first-order chi connectivity index (χ1) is 13.2. The number of carbonyl (C=O) groups is 1. The van der Waals surface area contributed by atoms with Gasteiger partial charge in [-0.2, -0.15) is 5.10 Å². The fourth-order valence-electron chi connectivity index (χ4n) is 2.50. The third-order valence-electron chi connectivity index (χ3n) is 3.94. The first-order valence-electron chi connectivity index (χ1n) is 8.92. The first kappa shape index (κ1) is 20.3. The van der Waals surface area contributed by atoms with Gasteiger partial charge >= 0.3 is 0 Å². The molecule has 0 saturated heterocycles. The minimum Gasteiger partial charge on any atom is -0.493 e. The highest BCUT2D eigenvalue weighted by molar-refractivity contribution is 5.86. The van der Waals surface area contributed by atoms with E-state index in [-0.39, 0.29) is 12.5 Å². The fraction of sp³-hybridized carbons (Fsp3) is 0.333. The number of para-hydroxylation sites is 1. The summed E-state index contributed by atoms with van der Waals surface area (Å²) in [4.78, 5) is 11.9. The van der Waals surface area contributed by atoms with Crippen LogP contribution in [0.4, 0.5) is 0 Å². The average molecular weight is 370 g/mol. The predicted octanol–water partition coefficient (Wildman–Crippen LogP) is 3.58. The van der Waals surface area contributed by atoms with Crippen LogP contribution in [0.3, 0.4) is 0 Å². The van der Waals surface area contributed by atoms with E-state index in [2.05, 4.69) is 17.5 Å². The SMILES string of the molecule is CCCCc1ccc(OCC(=O)N/N=C/c2cccc(OC)c2OC)cc1. The maximum absolute atomic E-state index is 11.9. The molecule has 0 saturated carbocycles. The number of nitrogens with zero attached hydrogens (tertiary/aromatic N) is 1. The lowest BCUT2D eigenvalue weighted by molar-refractivity contribution is -0.123. The van der Waals surface area contributed by atoms with Crippen LogP contribution < -0.4 is 19.6 Å². The van der Waals surface area contributed by atoms with Crippen LogP contribution in [0.25, 0.3) is 0 Å². The number of methoxy groups -OCH3 is 2. The van der Waals surface area contributed by atoms with E-state index in [0.29, 0.717) is 22.8 Å². The van der Waals surface area contributed by atoms with Gasteiger partial charge in [0.2, 0.25) is 0 Å². The van der Waals surface area contributed by atoms with Crippen molar-refractivity contribution in [2.45, 2.75) is 26.2 Å². The Morgan fingerprint density at radius 3 is 2.56 bits per heavy atom. The van der Waals surface area contributed by atoms with Crippen molar-refractivity contribution in [3.05, 3.63) is 53.6 Å². The van der Waals surface area contributed by atoms with Crippen molar-refractivity contribution >= 4 is 12.1 Å². The molecule has 0 aliphatic carbocycles. The lowest BCUT2D eigenvalue weighted by atomic mass is 10.1. The van der Waals surface area contributed by atoms with Gasteiger partial charge in [-0.15, -0.1) is 0 Å². The van der Waals surface area contributed by atoms with Gasteiger partial charge in [0.25, 0.3) is 5.91 Å². The number of rotatable bonds is 10. The molecular formula is C21H26N2O4. The minimum absolute atomic E-state index is 0.110. The quantitative estimate of drug-likeness (QED) is 0.513. The molecule has 6 heteroatoms. The standard InChI is InChI=1S/C21H26N2O4/c1-4-5-7-16-10-12-18(13-11-16)27-15-20(24)23-22-14-17-8-6-9-19(25-2)21(17)26-3/h6,8-14H,4-5,7,15H2,1-3H3,(H,23,24)/b22-14+. The van der Waals surface area contributed by atoms with Gasteiger partial charge in [-0.1, -0.05) is 31.5 Å². The van der Waals surface area contributed by atoms with E-state index >= 15 is 0 Å². The third-order valence-corrected chi connectivity index (χ3v) is 3.94. The highest BCUT2D eigenvalue weighted by Gasteiger charge is 2.07. The Balaban J connectivity index is 1.83. The molecule has 2 aromatic carbocycles. The molecule has 2 rings (SSSR count). The molecule has 0 fully saturated rings. The molecule has 0 heterocycles. The largest absolute Gasteiger partial charge is 0.493 e. The molecule has 1 amide bonds. The maximum atomic E-state index is 11.9. The highest BCUT2D eigenvalue weighted by atomic mass is 16.5. The summed E-state index contributed by atoms with van der Waals surface area (Å²) >= 11 is 0. The van der Waals surface area contributed by atoms with E-state index in [1.165, 1.54) is 24.6 Å². The van der Waals surface area contributed by atoms with Crippen LogP contribution in [0, 0.1) is 0 Å². The van der Waals surface area contributed by atoms with Gasteiger partial charge in [0.05, 0.1) is 20.4 Å². The van der Waals surface area contributed by atoms with Crippen LogP contribution in [0.15, 0.2) is 47.6 Å². The number of amides is 1. The van der Waals surface area contributed by atoms with E-state index < -0.39 is 0 Å². The minimum atomic E-state index is -0.344. The summed E-state index contributed by atoms with van der Waals surface area (Å²) in [5.41, 5.74) is 4.40. The molecule has 0 unspecified atom stereocenters. The fourth-order valence-corrected chi connectivity index (χ4v) is 2.50. The second-order valence-corrected chi connectivity index (χ2v) is 5.91. The van der Waals surface area contributed by atoms with Crippen molar-refractivity contribution in [1.82, 2.24) is 5.43 Å². The third kappa shape index (κ3) is 6.33. The Kier molecular flexibility index (Phi) is 8.16. The summed E-state index contributed by atoms with van der Waals surface area (Å²) in [7, 11) is 3.11. The monoisotopic (exact) mass is 370 g/mol. The number of nitrogens with one attached hydrogen (secondary N) is 1. The summed E-state index contributed by atoms with van der Waals surface area (Å²) in [6, 6.07) is 13.2. The van der Waals surface area contributed by atoms with Crippen molar-refractivity contribution in [3.63, 3.8) is 0 Å². The molecule has 144 valence electrons. The van der Waals surface area contributed by atoms with Crippen molar-refractivity contribution in [3.8, 4) is 17.2 Å². The molecule has 2 aromatic rings. The number of hydrazone groups is 1. The Labute approximate surface area is 160 Å². The molecule has 0 bridgehead atoms. The van der Waals surface area contributed by atoms with Gasteiger partial charge in [-0.3, -0.25) is 4.79 Å². The number of unbranched alkanes of at least 4 members (excludes halogenated alkanes) is 1. The Bertz CT molecular complexity index is 757. The zero-order valence-electron chi connectivity index (χ0n) is 16.0. The first-order valence-corrected chi connectivity index (χ1v) is 8.92. The van der Waals surface area contributed by atoms with Crippen LogP contribution in [-0.4, -0.2) is 32.9 Å². The van der Waals surface area contributed by atoms with Gasteiger partial charge in [0.15, 0.2) is 18.1 Å². The molecule has 27 heavy (non-hydrogen) atoms. The smallest absolute Gasteiger partial charge is 0.277 e. The Morgan fingerprint density at radius 1 is 1.11 bits per heavy atom. The number of ether oxygens (including phenoxy) is 3. The second-order valence-electron chi connectivity index (χ2n) is 5.91. The van der Waals surface area contributed by atoms with Crippen molar-refractivity contribution in [2.75, 3.05) is 20.8 Å². The molecular weight excluding hydrogens is 344 g/mol. The molecule has 0 radical (unpaired) electrons. The van der Waals surface area contributed by atoms with Crippen LogP contribution in [0.1, 0.15) is 30.9 Å². The van der Waals surface area contributed by atoms with E-state index in [0.717, 1.165) is 6.42 Å². The molecule has 0 spiro atoms. The summed E-state index contributed by atoms with van der Waals surface area (Å²) in [6.45, 7) is 2.06. The summed E-state index contributed by atoms with van der Waals surface area (Å²) in [6.07, 6.45) is 4.89. The number of aryl methyl sites for hydroxylation is 1. The molecule has 6 nitrogen and oxygen atoms in total. The van der Waals surface area contributed by atoms with Crippen LogP contribution in [0.2, 0.25) is 0 Å². The van der Waals surface area contributed by atoms with Crippen LogP contribution >= 0.6 is 0 Å². The number of hydrogen-bond donors (Lipinski definition) is 1. The topological polar surface area (TPSA) is 69.2 Å². The van der Waals surface area contributed by atoms with Gasteiger partial charge in [-0.05, 0) is 42.7 Å². The molecule has 0 aromatic heterocycles. The average Bonchev–Trinajstić information content (AvgIpc) is 2.71. The van der Waals surface area contributed by atoms with Crippen molar-refractivity contribution < 1.29 is 19.0 Å². The summed E-state index contributed by atoms with van der Waals surface area (Å²) < 4.78 is 16.0. The number of hydrogen-bond acceptors (Lipinski definition) is 5. The number of carbonyl (C=O) groups excluding carboxylic acids is 1. The van der Waals surface area contributed by atoms with E-state index in [9.17, 15) is 4.79 Å². The van der Waals surface area contributed by atoms with E-state index in [4.69, 9.17) is 14.2 Å². The highest BCUT2D eigenvalue weighted by Crippen LogP contribution is 2.29. The summed E-state index contributed by atoms with van der Waals surface area (Å²) in [5.74, 6) is 1.46.